The number of esters is 2. The Bertz CT molecular complexity index is 2100. The molecule has 4 N–H and O–H groups in total. The van der Waals surface area contributed by atoms with Crippen LogP contribution in [0.2, 0.25) is 0 Å². The number of hydrogen-bond acceptors (Lipinski definition) is 6. The molecule has 4 aromatic heterocycles. The van der Waals surface area contributed by atoms with Gasteiger partial charge in [0.15, 0.2) is 0 Å². The van der Waals surface area contributed by atoms with E-state index in [1.54, 1.807) is 0 Å². The van der Waals surface area contributed by atoms with E-state index in [0.29, 0.717) is 12.8 Å². The fourth-order valence-electron chi connectivity index (χ4n) is 6.71. The highest BCUT2D eigenvalue weighted by atomic mass is 16.5. The number of carbonyl (C=O) groups excluding carboxylic acids is 2. The van der Waals surface area contributed by atoms with Gasteiger partial charge in [0.25, 0.3) is 0 Å². The molecule has 4 aromatic rings. The summed E-state index contributed by atoms with van der Waals surface area (Å²) in [5.41, 5.74) is 13.1. The number of nitrogens with zero attached hydrogens (tertiary/aromatic N) is 2. The molecule has 1 aliphatic rings. The second-order valence-electron chi connectivity index (χ2n) is 13.4. The minimum absolute atomic E-state index is 0.250. The Morgan fingerprint density at radius 1 is 0.521 bits per heavy atom. The largest absolute Gasteiger partial charge is 0.469 e. The molecule has 48 heavy (non-hydrogen) atoms. The van der Waals surface area contributed by atoms with Gasteiger partial charge in [-0.05, 0) is 138 Å². The smallest absolute Gasteiger partial charge is 0.305 e. The number of fused-ring (bicyclic) bond motifs is 8. The monoisotopic (exact) mass is 654 g/mol. The quantitative estimate of drug-likeness (QED) is 0.172. The van der Waals surface area contributed by atoms with Gasteiger partial charge in [0.1, 0.15) is 0 Å². The molecule has 0 atom stereocenters. The number of aromatic amines is 4. The number of carbonyl (C=O) groups is 2. The number of ether oxygens (including phenoxy) is 2. The van der Waals surface area contributed by atoms with Crippen molar-refractivity contribution in [1.82, 2.24) is 29.7 Å². The molecule has 0 radical (unpaired) electrons. The Labute approximate surface area is 282 Å². The van der Waals surface area contributed by atoms with Crippen molar-refractivity contribution in [3.8, 4) is 0 Å². The zero-order valence-electron chi connectivity index (χ0n) is 30.1. The van der Waals surface area contributed by atoms with E-state index in [1.165, 1.54) is 36.5 Å². The highest BCUT2D eigenvalue weighted by Crippen LogP contribution is 2.24. The predicted molar refractivity (Wildman–Crippen MR) is 190 cm³/mol. The van der Waals surface area contributed by atoms with Crippen LogP contribution < -0.4 is 21.4 Å². The van der Waals surface area contributed by atoms with Crippen molar-refractivity contribution in [2.45, 2.75) is 66.5 Å². The van der Waals surface area contributed by atoms with Gasteiger partial charge >= 0.3 is 11.9 Å². The molecule has 0 unspecified atom stereocenters. The molecule has 0 fully saturated rings. The summed E-state index contributed by atoms with van der Waals surface area (Å²) in [6, 6.07) is 0. The van der Waals surface area contributed by atoms with Gasteiger partial charge in [-0.2, -0.15) is 0 Å². The first-order valence-corrected chi connectivity index (χ1v) is 16.5. The fraction of sp³-hybridized carbons (Fsp3) is 0.421. The van der Waals surface area contributed by atoms with Gasteiger partial charge in [0, 0.05) is 70.1 Å². The van der Waals surface area contributed by atoms with E-state index in [0.717, 1.165) is 79.5 Å². The Morgan fingerprint density at radius 3 is 1.46 bits per heavy atom. The lowest BCUT2D eigenvalue weighted by molar-refractivity contribution is -0.141. The molecule has 0 spiro atoms. The molecule has 1 aliphatic heterocycles. The highest BCUT2D eigenvalue weighted by Gasteiger charge is 2.19. The predicted octanol–water partition coefficient (Wildman–Crippen LogP) is 2.20. The fourth-order valence-corrected chi connectivity index (χ4v) is 6.71. The van der Waals surface area contributed by atoms with Crippen LogP contribution in [0.15, 0.2) is 0 Å². The topological polar surface area (TPSA) is 122 Å². The number of hydrogen-bond donors (Lipinski definition) is 4. The molecule has 0 aromatic carbocycles. The van der Waals surface area contributed by atoms with Crippen molar-refractivity contribution in [2.24, 2.45) is 0 Å². The van der Waals surface area contributed by atoms with Crippen LogP contribution in [0.5, 0.6) is 0 Å². The summed E-state index contributed by atoms with van der Waals surface area (Å²) in [5, 5.41) is 3.98. The third-order valence-corrected chi connectivity index (χ3v) is 9.52. The summed E-state index contributed by atoms with van der Waals surface area (Å²) >= 11 is 0. The van der Waals surface area contributed by atoms with Gasteiger partial charge in [-0.1, -0.05) is 0 Å². The molecule has 8 bridgehead atoms. The lowest BCUT2D eigenvalue weighted by Gasteiger charge is -2.10. The van der Waals surface area contributed by atoms with Gasteiger partial charge in [-0.25, -0.2) is 0 Å². The minimum Gasteiger partial charge on any atom is -0.469 e. The number of methoxy groups -OCH3 is 2. The summed E-state index contributed by atoms with van der Waals surface area (Å²) < 4.78 is 10.00. The maximum Gasteiger partial charge on any atom is 0.305 e. The van der Waals surface area contributed by atoms with Crippen molar-refractivity contribution in [1.29, 1.82) is 0 Å². The molecule has 0 aliphatic carbocycles. The summed E-state index contributed by atoms with van der Waals surface area (Å²) in [4.78, 5) is 43.8. The minimum atomic E-state index is -0.251. The van der Waals surface area contributed by atoms with E-state index in [-0.39, 0.29) is 24.8 Å². The molecule has 10 heteroatoms. The molecular weight excluding hydrogens is 604 g/mol. The van der Waals surface area contributed by atoms with Crippen LogP contribution in [0.25, 0.3) is 24.3 Å². The number of nitrogens with one attached hydrogen (secondary N) is 4. The third-order valence-electron chi connectivity index (χ3n) is 9.52. The van der Waals surface area contributed by atoms with Crippen LogP contribution in [0.1, 0.15) is 80.1 Å². The zero-order valence-corrected chi connectivity index (χ0v) is 30.1. The standard InChI is InChI=1S/C38H50N6O4/c1-21-25(11-13-37(45)47-9)33-18-34-26(12-14-38(46)48-10)22(2)31(40-34)16-35-28(20-44(7)8)24(4)32(42-35)17-36-27(19-43(5)6)23(3)30(41-36)15-29(21)39-33/h15-18,39-42H,11-14,19-20H2,1-10H3. The van der Waals surface area contributed by atoms with Crippen LogP contribution in [-0.4, -0.2) is 84.1 Å². The van der Waals surface area contributed by atoms with Crippen molar-refractivity contribution >= 4 is 36.2 Å². The summed E-state index contributed by atoms with van der Waals surface area (Å²) in [6.45, 7) is 10.1. The Morgan fingerprint density at radius 2 is 0.917 bits per heavy atom. The van der Waals surface area contributed by atoms with Gasteiger partial charge in [-0.15, -0.1) is 0 Å². The van der Waals surface area contributed by atoms with E-state index in [2.05, 4.69) is 110 Å². The highest BCUT2D eigenvalue weighted by molar-refractivity contribution is 5.71. The van der Waals surface area contributed by atoms with Crippen LogP contribution in [-0.2, 0) is 45.0 Å². The summed E-state index contributed by atoms with van der Waals surface area (Å²) in [7, 11) is 11.2. The molecular formula is C38H50N6O4. The third kappa shape index (κ3) is 7.15. The van der Waals surface area contributed by atoms with Gasteiger partial charge < -0.3 is 39.2 Å². The first kappa shape index (κ1) is 34.8. The molecule has 0 saturated heterocycles. The van der Waals surface area contributed by atoms with Crippen molar-refractivity contribution in [3.05, 3.63) is 88.7 Å². The van der Waals surface area contributed by atoms with E-state index in [9.17, 15) is 9.59 Å². The summed E-state index contributed by atoms with van der Waals surface area (Å²) in [5.74, 6) is -0.501. The zero-order chi connectivity index (χ0) is 34.9. The number of H-pyrrole nitrogens is 4. The average molecular weight is 655 g/mol. The maximum atomic E-state index is 12.3. The van der Waals surface area contributed by atoms with Crippen LogP contribution in [0, 0.1) is 27.7 Å². The Balaban J connectivity index is 1.89. The number of rotatable bonds is 10. The lowest BCUT2D eigenvalue weighted by Crippen LogP contribution is -2.18. The number of aromatic nitrogens is 4. The van der Waals surface area contributed by atoms with Crippen LogP contribution >= 0.6 is 0 Å². The molecule has 256 valence electrons. The maximum absolute atomic E-state index is 12.3. The van der Waals surface area contributed by atoms with Crippen molar-refractivity contribution in [2.75, 3.05) is 42.4 Å². The van der Waals surface area contributed by atoms with Gasteiger partial charge in [-0.3, -0.25) is 9.59 Å². The SMILES string of the molecule is COC(=O)CCc1c2[nH]c(c1C)C=c1[nH]c(c(CN(C)C)c1C)=Cc1[nH]c(c(CN(C)C)c1C)C=c1[nH]c(c(CCC(=O)OC)c1C)=C2. The molecule has 0 saturated carbocycles. The molecule has 5 rings (SSSR count). The van der Waals surface area contributed by atoms with Gasteiger partial charge in [0.2, 0.25) is 0 Å². The van der Waals surface area contributed by atoms with Crippen LogP contribution in [0.4, 0.5) is 0 Å². The summed E-state index contributed by atoms with van der Waals surface area (Å²) in [6.07, 6.45) is 10.3. The first-order chi connectivity index (χ1) is 22.8. The second kappa shape index (κ2) is 14.3. The van der Waals surface area contributed by atoms with Crippen LogP contribution in [0.3, 0.4) is 0 Å². The Hall–Kier alpha value is -4.54. The molecule has 0 amide bonds. The van der Waals surface area contributed by atoms with Gasteiger partial charge in [0.05, 0.1) is 14.2 Å². The van der Waals surface area contributed by atoms with E-state index < -0.39 is 0 Å². The second-order valence-corrected chi connectivity index (χ2v) is 13.4. The van der Waals surface area contributed by atoms with E-state index in [4.69, 9.17) is 9.47 Å². The average Bonchev–Trinajstić information content (AvgIpc) is 3.69. The Kier molecular flexibility index (Phi) is 10.4. The molecule has 10 nitrogen and oxygen atoms in total. The first-order valence-electron chi connectivity index (χ1n) is 16.5. The normalized spacial score (nSPS) is 12.4. The van der Waals surface area contributed by atoms with Crippen molar-refractivity contribution in [3.63, 3.8) is 0 Å². The van der Waals surface area contributed by atoms with E-state index >= 15 is 0 Å². The van der Waals surface area contributed by atoms with E-state index in [1.807, 2.05) is 0 Å². The van der Waals surface area contributed by atoms with Crippen molar-refractivity contribution < 1.29 is 19.1 Å². The molecule has 5 heterocycles. The lowest BCUT2D eigenvalue weighted by atomic mass is 10.0.